The second kappa shape index (κ2) is 4.75. The Morgan fingerprint density at radius 1 is 1.05 bits per heavy atom. The first-order chi connectivity index (χ1) is 9.19. The van der Waals surface area contributed by atoms with Crippen LogP contribution in [0.1, 0.15) is 23.6 Å². The van der Waals surface area contributed by atoms with Crippen molar-refractivity contribution in [2.24, 2.45) is 0 Å². The summed E-state index contributed by atoms with van der Waals surface area (Å²) in [5, 5.41) is 0.769. The van der Waals surface area contributed by atoms with Crippen LogP contribution in [0.2, 0.25) is 5.02 Å². The van der Waals surface area contributed by atoms with Crippen molar-refractivity contribution in [3.8, 4) is 5.75 Å². The molecular formula is C17H15ClO. The van der Waals surface area contributed by atoms with Gasteiger partial charge in [0, 0.05) is 5.02 Å². The number of fused-ring (bicyclic) bond motifs is 1. The molecule has 0 heterocycles. The molecular weight excluding hydrogens is 256 g/mol. The lowest BCUT2D eigenvalue weighted by Gasteiger charge is -2.09. The molecule has 96 valence electrons. The van der Waals surface area contributed by atoms with E-state index >= 15 is 0 Å². The van der Waals surface area contributed by atoms with Crippen LogP contribution in [0, 0.1) is 0 Å². The molecule has 0 radical (unpaired) electrons. The van der Waals surface area contributed by atoms with Gasteiger partial charge in [-0.25, -0.2) is 0 Å². The summed E-state index contributed by atoms with van der Waals surface area (Å²) in [6, 6.07) is 14.3. The predicted octanol–water partition coefficient (Wildman–Crippen LogP) is 4.73. The molecule has 0 aliphatic heterocycles. The molecule has 2 aromatic carbocycles. The summed E-state index contributed by atoms with van der Waals surface area (Å²) < 4.78 is 5.33. The normalized spacial score (nSPS) is 13.6. The van der Waals surface area contributed by atoms with Crippen LogP contribution in [-0.4, -0.2) is 7.11 Å². The number of ether oxygens (including phenoxy) is 1. The number of hydrogen-bond acceptors (Lipinski definition) is 1. The Kier molecular flexibility index (Phi) is 3.08. The molecule has 19 heavy (non-hydrogen) atoms. The number of halogens is 1. The number of allylic oxidation sites excluding steroid dienone is 1. The van der Waals surface area contributed by atoms with E-state index in [1.165, 1.54) is 27.8 Å². The Hall–Kier alpha value is -1.73. The fraction of sp³-hybridized carbons (Fsp3) is 0.176. The first-order valence-corrected chi connectivity index (χ1v) is 6.70. The second-order valence-electron chi connectivity index (χ2n) is 4.86. The molecule has 3 rings (SSSR count). The second-order valence-corrected chi connectivity index (χ2v) is 5.30. The van der Waals surface area contributed by atoms with Gasteiger partial charge in [0.2, 0.25) is 0 Å². The van der Waals surface area contributed by atoms with Gasteiger partial charge in [-0.3, -0.25) is 0 Å². The molecule has 0 saturated heterocycles. The van der Waals surface area contributed by atoms with E-state index in [0.717, 1.165) is 17.2 Å². The highest BCUT2D eigenvalue weighted by atomic mass is 35.5. The van der Waals surface area contributed by atoms with Gasteiger partial charge in [0.05, 0.1) is 7.11 Å². The zero-order valence-corrected chi connectivity index (χ0v) is 11.8. The Balaban J connectivity index is 2.13. The van der Waals surface area contributed by atoms with Crippen molar-refractivity contribution < 1.29 is 4.74 Å². The zero-order valence-electron chi connectivity index (χ0n) is 11.0. The van der Waals surface area contributed by atoms with Crippen LogP contribution in [0.3, 0.4) is 0 Å². The maximum Gasteiger partial charge on any atom is 0.119 e. The van der Waals surface area contributed by atoms with Gasteiger partial charge in [-0.05, 0) is 59.9 Å². The van der Waals surface area contributed by atoms with Crippen molar-refractivity contribution in [3.63, 3.8) is 0 Å². The van der Waals surface area contributed by atoms with Gasteiger partial charge in [-0.2, -0.15) is 0 Å². The molecule has 1 aliphatic carbocycles. The first-order valence-electron chi connectivity index (χ1n) is 6.32. The van der Waals surface area contributed by atoms with E-state index in [-0.39, 0.29) is 0 Å². The van der Waals surface area contributed by atoms with E-state index in [1.54, 1.807) is 7.11 Å². The van der Waals surface area contributed by atoms with E-state index in [0.29, 0.717) is 0 Å². The largest absolute Gasteiger partial charge is 0.497 e. The van der Waals surface area contributed by atoms with Gasteiger partial charge in [-0.1, -0.05) is 35.4 Å². The summed E-state index contributed by atoms with van der Waals surface area (Å²) >= 11 is 5.97. The third kappa shape index (κ3) is 2.15. The smallest absolute Gasteiger partial charge is 0.119 e. The molecule has 0 atom stereocenters. The number of hydrogen-bond donors (Lipinski definition) is 0. The van der Waals surface area contributed by atoms with Crippen molar-refractivity contribution in [2.75, 3.05) is 7.11 Å². The van der Waals surface area contributed by atoms with E-state index < -0.39 is 0 Å². The van der Waals surface area contributed by atoms with E-state index in [1.807, 2.05) is 18.2 Å². The van der Waals surface area contributed by atoms with Crippen molar-refractivity contribution >= 4 is 17.2 Å². The highest BCUT2D eigenvalue weighted by Gasteiger charge is 2.20. The van der Waals surface area contributed by atoms with Gasteiger partial charge in [0.1, 0.15) is 5.75 Å². The lowest BCUT2D eigenvalue weighted by atomic mass is 9.98. The van der Waals surface area contributed by atoms with Gasteiger partial charge in [-0.15, -0.1) is 0 Å². The number of benzene rings is 2. The quantitative estimate of drug-likeness (QED) is 0.767. The van der Waals surface area contributed by atoms with Crippen molar-refractivity contribution in [2.45, 2.75) is 13.3 Å². The Morgan fingerprint density at radius 2 is 1.79 bits per heavy atom. The van der Waals surface area contributed by atoms with E-state index in [4.69, 9.17) is 16.3 Å². The average molecular weight is 271 g/mol. The van der Waals surface area contributed by atoms with Crippen LogP contribution < -0.4 is 4.74 Å². The average Bonchev–Trinajstić information content (AvgIpc) is 2.75. The minimum absolute atomic E-state index is 0.769. The summed E-state index contributed by atoms with van der Waals surface area (Å²) in [5.74, 6) is 0.903. The molecule has 0 saturated carbocycles. The van der Waals surface area contributed by atoms with Crippen LogP contribution in [-0.2, 0) is 6.42 Å². The van der Waals surface area contributed by atoms with Crippen molar-refractivity contribution in [1.29, 1.82) is 0 Å². The SMILES string of the molecule is COc1ccc2c(c1)C(c1ccc(Cl)cc1)=C(C)C2. The summed E-state index contributed by atoms with van der Waals surface area (Å²) in [7, 11) is 1.70. The third-order valence-corrected chi connectivity index (χ3v) is 3.85. The Labute approximate surface area is 118 Å². The maximum absolute atomic E-state index is 5.97. The predicted molar refractivity (Wildman–Crippen MR) is 79.8 cm³/mol. The third-order valence-electron chi connectivity index (χ3n) is 3.60. The molecule has 0 aromatic heterocycles. The topological polar surface area (TPSA) is 9.23 Å². The minimum atomic E-state index is 0.769. The van der Waals surface area contributed by atoms with Crippen LogP contribution >= 0.6 is 11.6 Å². The lowest BCUT2D eigenvalue weighted by molar-refractivity contribution is 0.414. The van der Waals surface area contributed by atoms with E-state index in [2.05, 4.69) is 31.2 Å². The summed E-state index contributed by atoms with van der Waals surface area (Å²) in [4.78, 5) is 0. The van der Waals surface area contributed by atoms with E-state index in [9.17, 15) is 0 Å². The monoisotopic (exact) mass is 270 g/mol. The van der Waals surface area contributed by atoms with Crippen molar-refractivity contribution in [3.05, 3.63) is 69.8 Å². The Bertz CT molecular complexity index is 653. The van der Waals surface area contributed by atoms with Crippen LogP contribution in [0.15, 0.2) is 48.0 Å². The van der Waals surface area contributed by atoms with Gasteiger partial charge < -0.3 is 4.74 Å². The van der Waals surface area contributed by atoms with Gasteiger partial charge in [0.25, 0.3) is 0 Å². The fourth-order valence-corrected chi connectivity index (χ4v) is 2.82. The minimum Gasteiger partial charge on any atom is -0.497 e. The fourth-order valence-electron chi connectivity index (χ4n) is 2.69. The number of methoxy groups -OCH3 is 1. The Morgan fingerprint density at radius 3 is 2.47 bits per heavy atom. The van der Waals surface area contributed by atoms with Crippen LogP contribution in [0.25, 0.3) is 5.57 Å². The molecule has 1 nitrogen and oxygen atoms in total. The highest BCUT2D eigenvalue weighted by molar-refractivity contribution is 6.30. The zero-order chi connectivity index (χ0) is 13.4. The molecule has 0 unspecified atom stereocenters. The lowest BCUT2D eigenvalue weighted by Crippen LogP contribution is -1.90. The molecule has 2 aromatic rings. The highest BCUT2D eigenvalue weighted by Crippen LogP contribution is 2.39. The molecule has 0 spiro atoms. The number of rotatable bonds is 2. The summed E-state index contributed by atoms with van der Waals surface area (Å²) in [6.45, 7) is 2.19. The van der Waals surface area contributed by atoms with Gasteiger partial charge >= 0.3 is 0 Å². The van der Waals surface area contributed by atoms with Crippen LogP contribution in [0.5, 0.6) is 5.75 Å². The molecule has 0 bridgehead atoms. The first kappa shape index (κ1) is 12.3. The maximum atomic E-state index is 5.97. The van der Waals surface area contributed by atoms with Crippen molar-refractivity contribution in [1.82, 2.24) is 0 Å². The van der Waals surface area contributed by atoms with Crippen LogP contribution in [0.4, 0.5) is 0 Å². The molecule has 0 fully saturated rings. The van der Waals surface area contributed by atoms with Gasteiger partial charge in [0.15, 0.2) is 0 Å². The summed E-state index contributed by atoms with van der Waals surface area (Å²) in [5.41, 5.74) is 6.56. The molecule has 1 aliphatic rings. The molecule has 2 heteroatoms. The standard InChI is InChI=1S/C17H15ClO/c1-11-9-13-5-8-15(19-2)10-16(13)17(11)12-3-6-14(18)7-4-12/h3-8,10H,9H2,1-2H3. The summed E-state index contributed by atoms with van der Waals surface area (Å²) in [6.07, 6.45) is 1.01. The molecule has 0 amide bonds. The molecule has 0 N–H and O–H groups in total.